The topological polar surface area (TPSA) is 115 Å². The summed E-state index contributed by atoms with van der Waals surface area (Å²) in [5.74, 6) is -3.12. The van der Waals surface area contributed by atoms with E-state index in [4.69, 9.17) is 11.5 Å². The fourth-order valence-electron chi connectivity index (χ4n) is 4.15. The third-order valence-corrected chi connectivity index (χ3v) is 5.92. The van der Waals surface area contributed by atoms with Crippen LogP contribution in [0.15, 0.2) is 11.0 Å². The van der Waals surface area contributed by atoms with E-state index < -0.39 is 39.7 Å². The number of aromatic nitrogens is 1. The number of nitrogens with two attached hydrogens (primary N) is 2. The number of nitrogens with zero attached hydrogens (tertiary/aromatic N) is 2. The smallest absolute Gasteiger partial charge is 0.341 e. The summed E-state index contributed by atoms with van der Waals surface area (Å²) < 4.78 is 32.2. The molecule has 5 N–H and O–H groups in total. The van der Waals surface area contributed by atoms with Crippen LogP contribution < -0.4 is 21.8 Å². The van der Waals surface area contributed by atoms with Gasteiger partial charge in [0, 0.05) is 25.3 Å². The highest BCUT2D eigenvalue weighted by Crippen LogP contribution is 2.42. The third-order valence-electron chi connectivity index (χ3n) is 5.92. The highest BCUT2D eigenvalue weighted by Gasteiger charge is 2.36. The van der Waals surface area contributed by atoms with Crippen LogP contribution >= 0.6 is 0 Å². The number of carboxylic acid groups (broad SMARTS) is 1. The zero-order chi connectivity index (χ0) is 20.3. The predicted molar refractivity (Wildman–Crippen MR) is 102 cm³/mol. The number of benzene rings is 1. The number of halogens is 2. The molecule has 150 valence electrons. The van der Waals surface area contributed by atoms with E-state index in [1.54, 1.807) is 4.90 Å². The molecule has 28 heavy (non-hydrogen) atoms. The average Bonchev–Trinajstić information content (AvgIpc) is 3.42. The van der Waals surface area contributed by atoms with Gasteiger partial charge >= 0.3 is 5.97 Å². The lowest BCUT2D eigenvalue weighted by molar-refractivity contribution is 0.0695. The minimum Gasteiger partial charge on any atom is -0.477 e. The van der Waals surface area contributed by atoms with E-state index in [9.17, 15) is 14.7 Å². The van der Waals surface area contributed by atoms with Crippen LogP contribution in [0, 0.1) is 23.5 Å². The monoisotopic (exact) mass is 392 g/mol. The molecule has 1 aliphatic carbocycles. The van der Waals surface area contributed by atoms with Gasteiger partial charge in [0.25, 0.3) is 0 Å². The van der Waals surface area contributed by atoms with Crippen molar-refractivity contribution in [1.82, 2.24) is 4.57 Å². The van der Waals surface area contributed by atoms with Gasteiger partial charge in [-0.1, -0.05) is 6.92 Å². The van der Waals surface area contributed by atoms with Gasteiger partial charge in [-0.3, -0.25) is 4.79 Å². The van der Waals surface area contributed by atoms with Crippen molar-refractivity contribution < 1.29 is 18.7 Å². The van der Waals surface area contributed by atoms with Gasteiger partial charge in [-0.2, -0.15) is 0 Å². The first-order valence-electron chi connectivity index (χ1n) is 9.29. The Morgan fingerprint density at radius 1 is 1.29 bits per heavy atom. The van der Waals surface area contributed by atoms with Gasteiger partial charge < -0.3 is 26.0 Å². The van der Waals surface area contributed by atoms with Crippen LogP contribution in [-0.4, -0.2) is 35.3 Å². The number of anilines is 2. The molecular weight excluding hydrogens is 370 g/mol. The molecular formula is C19H22F2N4O3. The van der Waals surface area contributed by atoms with Crippen molar-refractivity contribution in [3.05, 3.63) is 33.6 Å². The van der Waals surface area contributed by atoms with E-state index >= 15 is 8.78 Å². The summed E-state index contributed by atoms with van der Waals surface area (Å²) in [6, 6.07) is -0.136. The molecule has 0 spiro atoms. The summed E-state index contributed by atoms with van der Waals surface area (Å²) in [5.41, 5.74) is 9.23. The number of carbonyl (C=O) groups is 1. The molecule has 2 atom stereocenters. The fourth-order valence-corrected chi connectivity index (χ4v) is 4.15. The summed E-state index contributed by atoms with van der Waals surface area (Å²) in [4.78, 5) is 25.7. The lowest BCUT2D eigenvalue weighted by atomic mass is 9.99. The lowest BCUT2D eigenvalue weighted by Gasteiger charge is -2.23. The molecule has 2 fully saturated rings. The molecule has 1 aromatic carbocycles. The van der Waals surface area contributed by atoms with Gasteiger partial charge in [-0.15, -0.1) is 0 Å². The number of rotatable bonds is 4. The Morgan fingerprint density at radius 2 is 1.96 bits per heavy atom. The minimum absolute atomic E-state index is 0.0933. The molecule has 2 aromatic rings. The number of carboxylic acids is 1. The lowest BCUT2D eigenvalue weighted by Crippen LogP contribution is -2.27. The van der Waals surface area contributed by atoms with Crippen molar-refractivity contribution in [3.8, 4) is 0 Å². The molecule has 7 nitrogen and oxygen atoms in total. The molecule has 0 bridgehead atoms. The highest BCUT2D eigenvalue weighted by atomic mass is 19.1. The first-order valence-corrected chi connectivity index (χ1v) is 9.29. The second-order valence-electron chi connectivity index (χ2n) is 7.81. The van der Waals surface area contributed by atoms with Crippen molar-refractivity contribution in [1.29, 1.82) is 0 Å². The van der Waals surface area contributed by atoms with Crippen molar-refractivity contribution in [2.24, 2.45) is 17.6 Å². The predicted octanol–water partition coefficient (Wildman–Crippen LogP) is 1.93. The summed E-state index contributed by atoms with van der Waals surface area (Å²) in [5, 5.41) is 8.92. The molecule has 1 saturated heterocycles. The molecule has 0 unspecified atom stereocenters. The number of fused-ring (bicyclic) bond motifs is 1. The molecule has 1 aliphatic heterocycles. The Kier molecular flexibility index (Phi) is 4.29. The van der Waals surface area contributed by atoms with Gasteiger partial charge in [0.2, 0.25) is 5.43 Å². The number of pyridine rings is 1. The number of aromatic carboxylic acids is 1. The number of hydrogen-bond acceptors (Lipinski definition) is 5. The second-order valence-corrected chi connectivity index (χ2v) is 7.81. The molecule has 0 radical (unpaired) electrons. The van der Waals surface area contributed by atoms with E-state index in [0.717, 1.165) is 19.0 Å². The molecule has 0 amide bonds. The Morgan fingerprint density at radius 3 is 2.50 bits per heavy atom. The molecule has 1 aromatic heterocycles. The van der Waals surface area contributed by atoms with E-state index in [0.29, 0.717) is 19.6 Å². The van der Waals surface area contributed by atoms with Crippen molar-refractivity contribution in [2.45, 2.75) is 25.8 Å². The van der Waals surface area contributed by atoms with Gasteiger partial charge in [0.05, 0.1) is 16.6 Å². The first kappa shape index (κ1) is 18.7. The maximum atomic E-state index is 15.6. The van der Waals surface area contributed by atoms with Crippen molar-refractivity contribution in [3.63, 3.8) is 0 Å². The van der Waals surface area contributed by atoms with Gasteiger partial charge in [-0.05, 0) is 31.2 Å². The Labute approximate surface area is 159 Å². The van der Waals surface area contributed by atoms with E-state index in [-0.39, 0.29) is 29.1 Å². The number of nitrogen functional groups attached to an aromatic ring is 1. The quantitative estimate of drug-likeness (QED) is 0.685. The van der Waals surface area contributed by atoms with Gasteiger partial charge in [0.15, 0.2) is 11.6 Å². The SMILES string of the molecule is C[C@@H]1CN(c2c(F)c(N)c3c(=O)c(C(=O)O)cn(C4CC4)c3c2F)C[C@H]1CN. The van der Waals surface area contributed by atoms with E-state index in [2.05, 4.69) is 0 Å². The third kappa shape index (κ3) is 2.64. The maximum Gasteiger partial charge on any atom is 0.341 e. The van der Waals surface area contributed by atoms with E-state index in [1.165, 1.54) is 4.57 Å². The standard InChI is InChI=1S/C19H22F2N4O3/c1-8-5-24(6-9(8)4-22)17-13(20)15(23)12-16(14(17)21)25(10-2-3-10)7-11(18(12)26)19(27)28/h7-10H,2-6,22-23H2,1H3,(H,27,28)/t8-,9-/m1/s1. The van der Waals surface area contributed by atoms with Crippen molar-refractivity contribution in [2.75, 3.05) is 30.3 Å². The van der Waals surface area contributed by atoms with Gasteiger partial charge in [-0.25, -0.2) is 13.6 Å². The second kappa shape index (κ2) is 6.44. The van der Waals surface area contributed by atoms with Crippen LogP contribution in [0.25, 0.3) is 10.9 Å². The van der Waals surface area contributed by atoms with E-state index in [1.807, 2.05) is 6.92 Å². The van der Waals surface area contributed by atoms with Crippen LogP contribution in [0.4, 0.5) is 20.2 Å². The Bertz CT molecular complexity index is 1050. The zero-order valence-electron chi connectivity index (χ0n) is 15.4. The van der Waals surface area contributed by atoms with Crippen LogP contribution in [-0.2, 0) is 0 Å². The minimum atomic E-state index is -1.45. The number of hydrogen-bond donors (Lipinski definition) is 3. The molecule has 1 saturated carbocycles. The average molecular weight is 392 g/mol. The maximum absolute atomic E-state index is 15.6. The normalized spacial score (nSPS) is 22.2. The van der Waals surface area contributed by atoms with Crippen LogP contribution in [0.1, 0.15) is 36.2 Å². The summed E-state index contributed by atoms with van der Waals surface area (Å²) in [6.07, 6.45) is 2.59. The fraction of sp³-hybridized carbons (Fsp3) is 0.474. The highest BCUT2D eigenvalue weighted by molar-refractivity contribution is 5.99. The molecule has 9 heteroatoms. The van der Waals surface area contributed by atoms with Crippen LogP contribution in [0.3, 0.4) is 0 Å². The first-order chi connectivity index (χ1) is 13.3. The summed E-state index contributed by atoms with van der Waals surface area (Å²) in [7, 11) is 0. The summed E-state index contributed by atoms with van der Waals surface area (Å²) in [6.45, 7) is 3.18. The Hall–Kier alpha value is -2.68. The Balaban J connectivity index is 2.03. The van der Waals surface area contributed by atoms with Crippen LogP contribution in [0.2, 0.25) is 0 Å². The molecule has 2 heterocycles. The zero-order valence-corrected chi connectivity index (χ0v) is 15.4. The summed E-state index contributed by atoms with van der Waals surface area (Å²) >= 11 is 0. The molecule has 4 rings (SSSR count). The van der Waals surface area contributed by atoms with Gasteiger partial charge in [0.1, 0.15) is 11.3 Å². The van der Waals surface area contributed by atoms with Crippen molar-refractivity contribution >= 4 is 28.2 Å². The largest absolute Gasteiger partial charge is 0.477 e. The van der Waals surface area contributed by atoms with Crippen LogP contribution in [0.5, 0.6) is 0 Å². The molecule has 2 aliphatic rings.